The molecule has 5 heteroatoms. The molecular weight excluding hydrogens is 190 g/mol. The molecule has 0 unspecified atom stereocenters. The number of aromatic nitrogens is 3. The van der Waals surface area contributed by atoms with E-state index in [0.717, 1.165) is 16.6 Å². The van der Waals surface area contributed by atoms with Crippen molar-refractivity contribution in [2.75, 3.05) is 0 Å². The first kappa shape index (κ1) is 9.95. The molecule has 0 radical (unpaired) electrons. The quantitative estimate of drug-likeness (QED) is 0.742. The van der Waals surface area contributed by atoms with Gasteiger partial charge >= 0.3 is 0 Å². The molecule has 0 saturated heterocycles. The molecule has 0 amide bonds. The highest BCUT2D eigenvalue weighted by Gasteiger charge is 2.04. The van der Waals surface area contributed by atoms with E-state index in [2.05, 4.69) is 10.3 Å². The van der Waals surface area contributed by atoms with Crippen molar-refractivity contribution < 1.29 is 5.11 Å². The van der Waals surface area contributed by atoms with Crippen molar-refractivity contribution in [3.05, 3.63) is 23.8 Å². The smallest absolute Gasteiger partial charge is 0.118 e. The monoisotopic (exact) mass is 199 g/mol. The van der Waals surface area contributed by atoms with Crippen molar-refractivity contribution in [1.82, 2.24) is 15.0 Å². The second kappa shape index (κ2) is 3.72. The first-order valence-corrected chi connectivity index (χ1v) is 3.71. The highest BCUT2D eigenvalue weighted by atomic mass is 35.5. The van der Waals surface area contributed by atoms with E-state index < -0.39 is 0 Å². The van der Waals surface area contributed by atoms with Crippen molar-refractivity contribution in [2.45, 2.75) is 6.61 Å². The van der Waals surface area contributed by atoms with E-state index in [0.29, 0.717) is 0 Å². The van der Waals surface area contributed by atoms with Crippen molar-refractivity contribution in [2.24, 2.45) is 7.05 Å². The Labute approximate surface area is 81.6 Å². The molecule has 0 spiro atoms. The van der Waals surface area contributed by atoms with Crippen LogP contribution in [-0.4, -0.2) is 20.1 Å². The summed E-state index contributed by atoms with van der Waals surface area (Å²) in [6.07, 6.45) is 0. The Morgan fingerprint density at radius 3 is 2.92 bits per heavy atom. The predicted octanol–water partition coefficient (Wildman–Crippen LogP) is 0.882. The van der Waals surface area contributed by atoms with Gasteiger partial charge in [-0.25, -0.2) is 4.68 Å². The highest BCUT2D eigenvalue weighted by molar-refractivity contribution is 5.85. The van der Waals surface area contributed by atoms with Crippen LogP contribution in [0.15, 0.2) is 18.2 Å². The first-order chi connectivity index (χ1) is 5.83. The van der Waals surface area contributed by atoms with Crippen LogP contribution >= 0.6 is 12.4 Å². The molecule has 1 N–H and O–H groups in total. The summed E-state index contributed by atoms with van der Waals surface area (Å²) in [6, 6.07) is 5.66. The summed E-state index contributed by atoms with van der Waals surface area (Å²) in [6.45, 7) is 0.00995. The highest BCUT2D eigenvalue weighted by Crippen LogP contribution is 2.14. The molecule has 0 bridgehead atoms. The van der Waals surface area contributed by atoms with Gasteiger partial charge in [0.1, 0.15) is 5.52 Å². The standard InChI is InChI=1S/C8H9N3O.ClH/c1-11-7-4-2-3-6(5-12)8(7)9-10-11;/h2-4,12H,5H2,1H3;1H. The molecule has 4 nitrogen and oxygen atoms in total. The number of halogens is 1. The van der Waals surface area contributed by atoms with Crippen LogP contribution in [0.4, 0.5) is 0 Å². The average Bonchev–Trinajstić information content (AvgIpc) is 2.48. The van der Waals surface area contributed by atoms with Crippen LogP contribution in [0.25, 0.3) is 11.0 Å². The molecule has 0 aliphatic carbocycles. The molecule has 1 aromatic carbocycles. The number of nitrogens with zero attached hydrogens (tertiary/aromatic N) is 3. The zero-order chi connectivity index (χ0) is 8.55. The lowest BCUT2D eigenvalue weighted by Crippen LogP contribution is -1.89. The molecule has 1 aromatic heterocycles. The Morgan fingerprint density at radius 1 is 1.46 bits per heavy atom. The Bertz CT molecular complexity index is 413. The van der Waals surface area contributed by atoms with Crippen LogP contribution < -0.4 is 0 Å². The summed E-state index contributed by atoms with van der Waals surface area (Å²) >= 11 is 0. The van der Waals surface area contributed by atoms with Gasteiger partial charge in [0.2, 0.25) is 0 Å². The minimum absolute atomic E-state index is 0. The topological polar surface area (TPSA) is 50.9 Å². The van der Waals surface area contributed by atoms with Crippen LogP contribution in [0.3, 0.4) is 0 Å². The Balaban J connectivity index is 0.000000845. The normalized spacial score (nSPS) is 10.0. The van der Waals surface area contributed by atoms with Crippen molar-refractivity contribution in [3.8, 4) is 0 Å². The fraction of sp³-hybridized carbons (Fsp3) is 0.250. The molecule has 1 heterocycles. The van der Waals surface area contributed by atoms with Crippen LogP contribution in [0.1, 0.15) is 5.56 Å². The molecular formula is C8H10ClN3O. The SMILES string of the molecule is Cl.Cn1nnc2c(CO)cccc21. The zero-order valence-corrected chi connectivity index (χ0v) is 7.95. The van der Waals surface area contributed by atoms with Gasteiger partial charge in [0.25, 0.3) is 0 Å². The summed E-state index contributed by atoms with van der Waals surface area (Å²) in [5, 5.41) is 16.8. The Kier molecular flexibility index (Phi) is 2.85. The lowest BCUT2D eigenvalue weighted by molar-refractivity contribution is 0.283. The van der Waals surface area contributed by atoms with Gasteiger partial charge in [0.15, 0.2) is 0 Å². The molecule has 0 fully saturated rings. The molecule has 0 aliphatic rings. The van der Waals surface area contributed by atoms with E-state index in [9.17, 15) is 0 Å². The number of hydrogen-bond acceptors (Lipinski definition) is 3. The summed E-state index contributed by atoms with van der Waals surface area (Å²) in [7, 11) is 1.83. The molecule has 13 heavy (non-hydrogen) atoms. The number of aliphatic hydroxyl groups is 1. The fourth-order valence-corrected chi connectivity index (χ4v) is 1.24. The van der Waals surface area contributed by atoms with Crippen LogP contribution in [0.2, 0.25) is 0 Å². The summed E-state index contributed by atoms with van der Waals surface area (Å²) in [4.78, 5) is 0. The summed E-state index contributed by atoms with van der Waals surface area (Å²) < 4.78 is 1.69. The molecule has 2 aromatic rings. The van der Waals surface area contributed by atoms with Crippen LogP contribution in [0.5, 0.6) is 0 Å². The Morgan fingerprint density at radius 2 is 2.23 bits per heavy atom. The number of hydrogen-bond donors (Lipinski definition) is 1. The maximum absolute atomic E-state index is 8.97. The van der Waals surface area contributed by atoms with Gasteiger partial charge in [-0.3, -0.25) is 0 Å². The summed E-state index contributed by atoms with van der Waals surface area (Å²) in [5.41, 5.74) is 2.55. The van der Waals surface area contributed by atoms with Crippen LogP contribution in [0, 0.1) is 0 Å². The van der Waals surface area contributed by atoms with E-state index in [1.165, 1.54) is 0 Å². The minimum atomic E-state index is 0. The van der Waals surface area contributed by atoms with Crippen molar-refractivity contribution in [3.63, 3.8) is 0 Å². The van der Waals surface area contributed by atoms with Crippen molar-refractivity contribution in [1.29, 1.82) is 0 Å². The third-order valence-corrected chi connectivity index (χ3v) is 1.90. The number of aryl methyl sites for hydroxylation is 1. The minimum Gasteiger partial charge on any atom is -0.392 e. The second-order valence-electron chi connectivity index (χ2n) is 2.66. The molecule has 0 aliphatic heterocycles. The van der Waals surface area contributed by atoms with E-state index in [1.54, 1.807) is 4.68 Å². The molecule has 70 valence electrons. The second-order valence-corrected chi connectivity index (χ2v) is 2.66. The number of aliphatic hydroxyl groups excluding tert-OH is 1. The Hall–Kier alpha value is -1.13. The van der Waals surface area contributed by atoms with E-state index in [-0.39, 0.29) is 19.0 Å². The van der Waals surface area contributed by atoms with E-state index in [1.807, 2.05) is 25.2 Å². The van der Waals surface area contributed by atoms with Crippen LogP contribution in [-0.2, 0) is 13.7 Å². The van der Waals surface area contributed by atoms with Gasteiger partial charge in [-0.2, -0.15) is 0 Å². The number of rotatable bonds is 1. The largest absolute Gasteiger partial charge is 0.392 e. The number of benzene rings is 1. The maximum atomic E-state index is 8.97. The van der Waals surface area contributed by atoms with E-state index in [4.69, 9.17) is 5.11 Å². The van der Waals surface area contributed by atoms with Crippen molar-refractivity contribution >= 4 is 23.4 Å². The number of fused-ring (bicyclic) bond motifs is 1. The average molecular weight is 200 g/mol. The zero-order valence-electron chi connectivity index (χ0n) is 7.14. The summed E-state index contributed by atoms with van der Waals surface area (Å²) in [5.74, 6) is 0. The van der Waals surface area contributed by atoms with Gasteiger partial charge < -0.3 is 5.11 Å². The third-order valence-electron chi connectivity index (χ3n) is 1.90. The fourth-order valence-electron chi connectivity index (χ4n) is 1.24. The lowest BCUT2D eigenvalue weighted by atomic mass is 10.2. The van der Waals surface area contributed by atoms with Gasteiger partial charge in [-0.1, -0.05) is 17.3 Å². The molecule has 0 saturated carbocycles. The molecule has 0 atom stereocenters. The van der Waals surface area contributed by atoms with E-state index >= 15 is 0 Å². The van der Waals surface area contributed by atoms with Gasteiger partial charge in [-0.15, -0.1) is 17.5 Å². The van der Waals surface area contributed by atoms with Gasteiger partial charge in [0.05, 0.1) is 12.1 Å². The molecule has 2 rings (SSSR count). The predicted molar refractivity (Wildman–Crippen MR) is 51.7 cm³/mol. The first-order valence-electron chi connectivity index (χ1n) is 3.71. The third kappa shape index (κ3) is 1.50. The lowest BCUT2D eigenvalue weighted by Gasteiger charge is -1.95. The van der Waals surface area contributed by atoms with Gasteiger partial charge in [0, 0.05) is 12.6 Å². The maximum Gasteiger partial charge on any atom is 0.118 e. The van der Waals surface area contributed by atoms with Gasteiger partial charge in [-0.05, 0) is 6.07 Å².